The fourth-order valence-electron chi connectivity index (χ4n) is 1.77. The molecule has 1 atom stereocenters. The van der Waals surface area contributed by atoms with Crippen LogP contribution >= 0.6 is 11.6 Å². The smallest absolute Gasteiger partial charge is 0.270 e. The van der Waals surface area contributed by atoms with Crippen LogP contribution in [-0.2, 0) is 9.63 Å². The molecule has 0 radical (unpaired) electrons. The van der Waals surface area contributed by atoms with Gasteiger partial charge in [-0.1, -0.05) is 28.9 Å². The molecule has 0 heterocycles. The quantitative estimate of drug-likeness (QED) is 0.479. The number of carbonyl (C=O) groups is 1. The SMILES string of the molecule is C[C@@H](O/N=C\c1cccc([N+](=O)[O-])c1)C(=O)Nc1ccc(F)cc1Cl. The molecule has 2 aromatic carbocycles. The van der Waals surface area contributed by atoms with Crippen molar-refractivity contribution >= 4 is 35.1 Å². The number of hydrogen-bond donors (Lipinski definition) is 1. The zero-order valence-electron chi connectivity index (χ0n) is 13.0. The predicted octanol–water partition coefficient (Wildman–Crippen LogP) is 3.77. The van der Waals surface area contributed by atoms with Crippen LogP contribution in [0.4, 0.5) is 15.8 Å². The van der Waals surface area contributed by atoms with Crippen molar-refractivity contribution in [1.29, 1.82) is 0 Å². The minimum absolute atomic E-state index is 0.0562. The van der Waals surface area contributed by atoms with Gasteiger partial charge in [0.25, 0.3) is 11.6 Å². The molecule has 130 valence electrons. The number of benzene rings is 2. The van der Waals surface area contributed by atoms with Gasteiger partial charge < -0.3 is 10.2 Å². The Morgan fingerprint density at radius 1 is 1.40 bits per heavy atom. The van der Waals surface area contributed by atoms with Gasteiger partial charge in [-0.25, -0.2) is 4.39 Å². The van der Waals surface area contributed by atoms with E-state index in [1.807, 2.05) is 0 Å². The molecule has 0 fully saturated rings. The number of nitrogens with one attached hydrogen (secondary N) is 1. The van der Waals surface area contributed by atoms with Crippen LogP contribution in [0.5, 0.6) is 0 Å². The summed E-state index contributed by atoms with van der Waals surface area (Å²) in [4.78, 5) is 27.2. The Kier molecular flexibility index (Phi) is 6.02. The predicted molar refractivity (Wildman–Crippen MR) is 91.3 cm³/mol. The van der Waals surface area contributed by atoms with Gasteiger partial charge in [0.2, 0.25) is 6.10 Å². The first-order valence-electron chi connectivity index (χ1n) is 7.06. The molecule has 0 saturated heterocycles. The van der Waals surface area contributed by atoms with E-state index in [1.54, 1.807) is 6.07 Å². The number of oxime groups is 1. The third-order valence-electron chi connectivity index (χ3n) is 3.06. The zero-order chi connectivity index (χ0) is 18.4. The summed E-state index contributed by atoms with van der Waals surface area (Å²) in [5.41, 5.74) is 0.607. The Morgan fingerprint density at radius 3 is 2.84 bits per heavy atom. The van der Waals surface area contributed by atoms with E-state index in [1.165, 1.54) is 37.4 Å². The van der Waals surface area contributed by atoms with E-state index in [0.29, 0.717) is 5.56 Å². The molecule has 2 rings (SSSR count). The van der Waals surface area contributed by atoms with Crippen LogP contribution in [0.15, 0.2) is 47.6 Å². The van der Waals surface area contributed by atoms with Crippen LogP contribution in [0.1, 0.15) is 12.5 Å². The summed E-state index contributed by atoms with van der Waals surface area (Å²) in [6.45, 7) is 1.46. The van der Waals surface area contributed by atoms with Crippen LogP contribution in [0, 0.1) is 15.9 Å². The van der Waals surface area contributed by atoms with E-state index in [9.17, 15) is 19.3 Å². The van der Waals surface area contributed by atoms with E-state index < -0.39 is 22.8 Å². The molecule has 0 saturated carbocycles. The monoisotopic (exact) mass is 365 g/mol. The highest BCUT2D eigenvalue weighted by Crippen LogP contribution is 2.22. The van der Waals surface area contributed by atoms with Gasteiger partial charge in [-0.2, -0.15) is 0 Å². The lowest BCUT2D eigenvalue weighted by atomic mass is 10.2. The second-order valence-corrected chi connectivity index (χ2v) is 5.35. The molecule has 0 spiro atoms. The van der Waals surface area contributed by atoms with Crippen LogP contribution in [-0.4, -0.2) is 23.1 Å². The van der Waals surface area contributed by atoms with Crippen molar-refractivity contribution < 1.29 is 18.9 Å². The fourth-order valence-corrected chi connectivity index (χ4v) is 1.99. The number of rotatable bonds is 6. The fraction of sp³-hybridized carbons (Fsp3) is 0.125. The zero-order valence-corrected chi connectivity index (χ0v) is 13.7. The number of carbonyl (C=O) groups excluding carboxylic acids is 1. The molecule has 0 aromatic heterocycles. The molecule has 25 heavy (non-hydrogen) atoms. The molecule has 7 nitrogen and oxygen atoms in total. The number of amides is 1. The molecule has 9 heteroatoms. The lowest BCUT2D eigenvalue weighted by Gasteiger charge is -2.11. The van der Waals surface area contributed by atoms with Crippen molar-refractivity contribution in [2.45, 2.75) is 13.0 Å². The molecular formula is C16H13ClFN3O4. The number of nitrogens with zero attached hydrogens (tertiary/aromatic N) is 2. The first-order chi connectivity index (χ1) is 11.9. The van der Waals surface area contributed by atoms with Crippen molar-refractivity contribution in [1.82, 2.24) is 0 Å². The van der Waals surface area contributed by atoms with Crippen molar-refractivity contribution in [3.63, 3.8) is 0 Å². The van der Waals surface area contributed by atoms with E-state index in [4.69, 9.17) is 16.4 Å². The number of halogens is 2. The molecule has 0 aliphatic carbocycles. The van der Waals surface area contributed by atoms with Crippen molar-refractivity contribution in [3.05, 3.63) is 69.0 Å². The van der Waals surface area contributed by atoms with Crippen molar-refractivity contribution in [3.8, 4) is 0 Å². The van der Waals surface area contributed by atoms with E-state index >= 15 is 0 Å². The summed E-state index contributed by atoms with van der Waals surface area (Å²) in [6, 6.07) is 9.33. The number of anilines is 1. The standard InChI is InChI=1S/C16H13ClFN3O4/c1-10(16(22)20-15-6-5-12(18)8-14(15)17)25-19-9-11-3-2-4-13(7-11)21(23)24/h2-10H,1H3,(H,20,22)/b19-9-/t10-/m1/s1. The van der Waals surface area contributed by atoms with Gasteiger partial charge in [-0.15, -0.1) is 0 Å². The minimum Gasteiger partial charge on any atom is -0.383 e. The average Bonchev–Trinajstić information content (AvgIpc) is 2.57. The Labute approximate surface area is 147 Å². The second kappa shape index (κ2) is 8.20. The Bertz CT molecular complexity index is 829. The largest absolute Gasteiger partial charge is 0.383 e. The highest BCUT2D eigenvalue weighted by atomic mass is 35.5. The first-order valence-corrected chi connectivity index (χ1v) is 7.44. The normalized spacial score (nSPS) is 12.0. The highest BCUT2D eigenvalue weighted by Gasteiger charge is 2.16. The lowest BCUT2D eigenvalue weighted by Crippen LogP contribution is -2.26. The summed E-state index contributed by atoms with van der Waals surface area (Å²) in [7, 11) is 0. The Balaban J connectivity index is 1.95. The van der Waals surface area contributed by atoms with Gasteiger partial charge in [0.15, 0.2) is 0 Å². The second-order valence-electron chi connectivity index (χ2n) is 4.95. The molecule has 0 unspecified atom stereocenters. The van der Waals surface area contributed by atoms with Gasteiger partial charge in [-0.05, 0) is 25.1 Å². The third-order valence-corrected chi connectivity index (χ3v) is 3.37. The molecule has 1 amide bonds. The van der Waals surface area contributed by atoms with Gasteiger partial charge in [0, 0.05) is 17.7 Å². The molecule has 2 aromatic rings. The maximum Gasteiger partial charge on any atom is 0.270 e. The van der Waals surface area contributed by atoms with Crippen molar-refractivity contribution in [2.24, 2.45) is 5.16 Å². The van der Waals surface area contributed by atoms with Gasteiger partial charge >= 0.3 is 0 Å². The third kappa shape index (κ3) is 5.25. The van der Waals surface area contributed by atoms with Crippen LogP contribution in [0.2, 0.25) is 5.02 Å². The summed E-state index contributed by atoms with van der Waals surface area (Å²) >= 11 is 5.82. The van der Waals surface area contributed by atoms with E-state index in [-0.39, 0.29) is 16.4 Å². The Morgan fingerprint density at radius 2 is 2.16 bits per heavy atom. The molecule has 1 N–H and O–H groups in total. The summed E-state index contributed by atoms with van der Waals surface area (Å²) in [5, 5.41) is 16.9. The molecule has 0 aliphatic rings. The molecular weight excluding hydrogens is 353 g/mol. The number of hydrogen-bond acceptors (Lipinski definition) is 5. The average molecular weight is 366 g/mol. The van der Waals surface area contributed by atoms with E-state index in [0.717, 1.165) is 12.1 Å². The van der Waals surface area contributed by atoms with E-state index in [2.05, 4.69) is 10.5 Å². The highest BCUT2D eigenvalue weighted by molar-refractivity contribution is 6.33. The lowest BCUT2D eigenvalue weighted by molar-refractivity contribution is -0.384. The summed E-state index contributed by atoms with van der Waals surface area (Å²) in [6.07, 6.45) is 0.290. The van der Waals surface area contributed by atoms with Crippen LogP contribution in [0.25, 0.3) is 0 Å². The van der Waals surface area contributed by atoms with Crippen LogP contribution < -0.4 is 5.32 Å². The first kappa shape index (κ1) is 18.3. The Hall–Kier alpha value is -3.00. The number of nitro benzene ring substituents is 1. The van der Waals surface area contributed by atoms with Crippen molar-refractivity contribution in [2.75, 3.05) is 5.32 Å². The van der Waals surface area contributed by atoms with Gasteiger partial charge in [-0.3, -0.25) is 14.9 Å². The maximum atomic E-state index is 13.0. The van der Waals surface area contributed by atoms with Crippen LogP contribution in [0.3, 0.4) is 0 Å². The topological polar surface area (TPSA) is 93.8 Å². The minimum atomic E-state index is -0.962. The number of nitro groups is 1. The molecule has 0 aliphatic heterocycles. The van der Waals surface area contributed by atoms with Gasteiger partial charge in [0.05, 0.1) is 21.8 Å². The summed E-state index contributed by atoms with van der Waals surface area (Å²) in [5.74, 6) is -1.06. The van der Waals surface area contributed by atoms with Gasteiger partial charge in [0.1, 0.15) is 5.82 Å². The summed E-state index contributed by atoms with van der Waals surface area (Å²) < 4.78 is 13.0. The maximum absolute atomic E-state index is 13.0. The molecule has 0 bridgehead atoms. The number of non-ortho nitro benzene ring substituents is 1.